The topological polar surface area (TPSA) is 87.3 Å². The Morgan fingerprint density at radius 3 is 2.83 bits per heavy atom. The molecule has 1 aromatic heterocycles. The van der Waals surface area contributed by atoms with Gasteiger partial charge in [-0.25, -0.2) is 0 Å². The van der Waals surface area contributed by atoms with Gasteiger partial charge in [0.05, 0.1) is 12.6 Å². The van der Waals surface area contributed by atoms with Crippen molar-refractivity contribution in [3.63, 3.8) is 0 Å². The van der Waals surface area contributed by atoms with Crippen LogP contribution in [0.1, 0.15) is 12.8 Å². The molecule has 0 aliphatic carbocycles. The van der Waals surface area contributed by atoms with E-state index in [-0.39, 0.29) is 17.7 Å². The molecule has 126 valence electrons. The standard InChI is InChI=1S/C17H20N4O3/c1-3-15(22)21-8-6-11(7-9-21)17(23)18-16-13-5-4-12(24-2)10-14(13)19-20-16/h3-5,10-11H,1,6-9H2,2H3,(H2,18,19,20,23). The lowest BCUT2D eigenvalue weighted by atomic mass is 9.96. The van der Waals surface area contributed by atoms with Crippen molar-refractivity contribution in [3.8, 4) is 5.75 Å². The van der Waals surface area contributed by atoms with Crippen LogP contribution in [-0.2, 0) is 9.59 Å². The average molecular weight is 328 g/mol. The molecule has 0 unspecified atom stereocenters. The maximum absolute atomic E-state index is 12.5. The smallest absolute Gasteiger partial charge is 0.245 e. The van der Waals surface area contributed by atoms with Crippen LogP contribution in [0.5, 0.6) is 5.75 Å². The molecule has 2 amide bonds. The predicted molar refractivity (Wildman–Crippen MR) is 90.8 cm³/mol. The fourth-order valence-corrected chi connectivity index (χ4v) is 2.93. The first-order valence-electron chi connectivity index (χ1n) is 7.86. The third kappa shape index (κ3) is 3.10. The molecule has 0 saturated carbocycles. The van der Waals surface area contributed by atoms with Crippen LogP contribution >= 0.6 is 0 Å². The largest absolute Gasteiger partial charge is 0.497 e. The molecule has 7 heteroatoms. The van der Waals surface area contributed by atoms with Crippen molar-refractivity contribution in [2.45, 2.75) is 12.8 Å². The highest BCUT2D eigenvalue weighted by atomic mass is 16.5. The van der Waals surface area contributed by atoms with E-state index >= 15 is 0 Å². The second-order valence-corrected chi connectivity index (χ2v) is 5.78. The Kier molecular flexibility index (Phi) is 4.50. The molecule has 24 heavy (non-hydrogen) atoms. The number of carbonyl (C=O) groups excluding carboxylic acids is 2. The molecule has 1 aliphatic heterocycles. The number of nitrogens with zero attached hydrogens (tertiary/aromatic N) is 2. The number of aromatic nitrogens is 2. The van der Waals surface area contributed by atoms with E-state index in [2.05, 4.69) is 22.1 Å². The highest BCUT2D eigenvalue weighted by Gasteiger charge is 2.27. The second kappa shape index (κ2) is 6.74. The van der Waals surface area contributed by atoms with E-state index in [1.165, 1.54) is 6.08 Å². The minimum Gasteiger partial charge on any atom is -0.497 e. The van der Waals surface area contributed by atoms with Crippen molar-refractivity contribution in [2.24, 2.45) is 5.92 Å². The van der Waals surface area contributed by atoms with Crippen LogP contribution < -0.4 is 10.1 Å². The van der Waals surface area contributed by atoms with Crippen molar-refractivity contribution in [2.75, 3.05) is 25.5 Å². The first-order valence-corrected chi connectivity index (χ1v) is 7.86. The van der Waals surface area contributed by atoms with Gasteiger partial charge in [0.2, 0.25) is 11.8 Å². The molecule has 0 atom stereocenters. The van der Waals surface area contributed by atoms with Gasteiger partial charge < -0.3 is 15.0 Å². The van der Waals surface area contributed by atoms with Crippen LogP contribution in [0.3, 0.4) is 0 Å². The van der Waals surface area contributed by atoms with Crippen LogP contribution in [0.2, 0.25) is 0 Å². The van der Waals surface area contributed by atoms with Gasteiger partial charge in [-0.2, -0.15) is 5.10 Å². The lowest BCUT2D eigenvalue weighted by Gasteiger charge is -2.30. The monoisotopic (exact) mass is 328 g/mol. The number of likely N-dealkylation sites (tertiary alicyclic amines) is 1. The normalized spacial score (nSPS) is 15.3. The number of hydrogen-bond donors (Lipinski definition) is 2. The zero-order valence-electron chi connectivity index (χ0n) is 13.5. The molecule has 0 spiro atoms. The van der Waals surface area contributed by atoms with Gasteiger partial charge in [0.25, 0.3) is 0 Å². The summed E-state index contributed by atoms with van der Waals surface area (Å²) >= 11 is 0. The Morgan fingerprint density at radius 1 is 1.42 bits per heavy atom. The van der Waals surface area contributed by atoms with E-state index < -0.39 is 0 Å². The van der Waals surface area contributed by atoms with Gasteiger partial charge >= 0.3 is 0 Å². The van der Waals surface area contributed by atoms with Gasteiger partial charge in [-0.05, 0) is 31.1 Å². The number of fused-ring (bicyclic) bond motifs is 1. The SMILES string of the molecule is C=CC(=O)N1CCC(C(=O)Nc2n[nH]c3cc(OC)ccc23)CC1. The minimum absolute atomic E-state index is 0.0649. The Labute approximate surface area is 139 Å². The Morgan fingerprint density at radius 2 is 2.17 bits per heavy atom. The summed E-state index contributed by atoms with van der Waals surface area (Å²) in [6.07, 6.45) is 2.59. The van der Waals surface area contributed by atoms with Crippen molar-refractivity contribution in [1.82, 2.24) is 15.1 Å². The predicted octanol–water partition coefficient (Wildman–Crippen LogP) is 1.93. The zero-order valence-corrected chi connectivity index (χ0v) is 13.5. The van der Waals surface area contributed by atoms with E-state index in [1.807, 2.05) is 18.2 Å². The van der Waals surface area contributed by atoms with Gasteiger partial charge in [-0.1, -0.05) is 6.58 Å². The molecule has 2 aromatic rings. The molecular formula is C17H20N4O3. The number of H-pyrrole nitrogens is 1. The number of aromatic amines is 1. The number of hydrogen-bond acceptors (Lipinski definition) is 4. The highest BCUT2D eigenvalue weighted by Crippen LogP contribution is 2.26. The number of piperidine rings is 1. The number of ether oxygens (including phenoxy) is 1. The molecule has 1 saturated heterocycles. The average Bonchev–Trinajstić information content (AvgIpc) is 3.03. The molecule has 1 fully saturated rings. The van der Waals surface area contributed by atoms with Crippen LogP contribution in [0.4, 0.5) is 5.82 Å². The number of anilines is 1. The van der Waals surface area contributed by atoms with Crippen LogP contribution in [0, 0.1) is 5.92 Å². The van der Waals surface area contributed by atoms with Gasteiger partial charge in [-0.15, -0.1) is 0 Å². The summed E-state index contributed by atoms with van der Waals surface area (Å²) in [6.45, 7) is 4.63. The first kappa shape index (κ1) is 16.0. The first-order chi connectivity index (χ1) is 11.6. The van der Waals surface area contributed by atoms with Crippen molar-refractivity contribution in [1.29, 1.82) is 0 Å². The maximum atomic E-state index is 12.5. The maximum Gasteiger partial charge on any atom is 0.245 e. The number of nitrogens with one attached hydrogen (secondary N) is 2. The summed E-state index contributed by atoms with van der Waals surface area (Å²) in [5.74, 6) is 0.973. The Hall–Kier alpha value is -2.83. The van der Waals surface area contributed by atoms with Crippen LogP contribution in [0.25, 0.3) is 10.9 Å². The quantitative estimate of drug-likeness (QED) is 0.840. The zero-order chi connectivity index (χ0) is 17.1. The summed E-state index contributed by atoms with van der Waals surface area (Å²) in [5, 5.41) is 10.8. The van der Waals surface area contributed by atoms with Crippen molar-refractivity contribution in [3.05, 3.63) is 30.9 Å². The third-order valence-electron chi connectivity index (χ3n) is 4.36. The summed E-state index contributed by atoms with van der Waals surface area (Å²) in [4.78, 5) is 25.8. The molecule has 0 bridgehead atoms. The molecule has 1 aromatic carbocycles. The van der Waals surface area contributed by atoms with E-state index in [0.717, 1.165) is 16.7 Å². The number of methoxy groups -OCH3 is 1. The van der Waals surface area contributed by atoms with E-state index in [9.17, 15) is 9.59 Å². The van der Waals surface area contributed by atoms with Crippen molar-refractivity contribution >= 4 is 28.5 Å². The summed E-state index contributed by atoms with van der Waals surface area (Å²) < 4.78 is 5.17. The third-order valence-corrected chi connectivity index (χ3v) is 4.36. The molecule has 0 radical (unpaired) electrons. The number of carbonyl (C=O) groups is 2. The minimum atomic E-state index is -0.121. The number of benzene rings is 1. The molecule has 7 nitrogen and oxygen atoms in total. The van der Waals surface area contributed by atoms with Crippen molar-refractivity contribution < 1.29 is 14.3 Å². The molecule has 1 aliphatic rings. The molecule has 2 N–H and O–H groups in total. The molecular weight excluding hydrogens is 308 g/mol. The Bertz CT molecular complexity index is 775. The summed E-state index contributed by atoms with van der Waals surface area (Å²) in [5.41, 5.74) is 0.802. The van der Waals surface area contributed by atoms with Gasteiger partial charge in [0.15, 0.2) is 5.82 Å². The second-order valence-electron chi connectivity index (χ2n) is 5.78. The van der Waals surface area contributed by atoms with Gasteiger partial charge in [0.1, 0.15) is 5.75 Å². The lowest BCUT2D eigenvalue weighted by Crippen LogP contribution is -2.40. The number of amides is 2. The highest BCUT2D eigenvalue weighted by molar-refractivity contribution is 6.00. The lowest BCUT2D eigenvalue weighted by molar-refractivity contribution is -0.130. The van der Waals surface area contributed by atoms with Gasteiger partial charge in [-0.3, -0.25) is 14.7 Å². The molecule has 2 heterocycles. The fourth-order valence-electron chi connectivity index (χ4n) is 2.93. The molecule has 3 rings (SSSR count). The van der Waals surface area contributed by atoms with E-state index in [1.54, 1.807) is 12.0 Å². The fraction of sp³-hybridized carbons (Fsp3) is 0.353. The van der Waals surface area contributed by atoms with Crippen LogP contribution in [0.15, 0.2) is 30.9 Å². The van der Waals surface area contributed by atoms with E-state index in [0.29, 0.717) is 31.7 Å². The Balaban J connectivity index is 1.65. The summed E-state index contributed by atoms with van der Waals surface area (Å²) in [6, 6.07) is 5.52. The van der Waals surface area contributed by atoms with Gasteiger partial charge in [0, 0.05) is 30.5 Å². The van der Waals surface area contributed by atoms with Crippen LogP contribution in [-0.4, -0.2) is 47.1 Å². The summed E-state index contributed by atoms with van der Waals surface area (Å²) in [7, 11) is 1.60. The van der Waals surface area contributed by atoms with E-state index in [4.69, 9.17) is 4.74 Å². The number of rotatable bonds is 4.